The number of rotatable bonds is 5. The molecule has 3 aromatic heterocycles. The lowest BCUT2D eigenvalue weighted by molar-refractivity contribution is 0.369. The Bertz CT molecular complexity index is 1330. The van der Waals surface area contributed by atoms with Crippen LogP contribution in [0.5, 0.6) is 5.75 Å². The molecule has 0 amide bonds. The van der Waals surface area contributed by atoms with Crippen molar-refractivity contribution in [2.45, 2.75) is 44.4 Å². The van der Waals surface area contributed by atoms with Gasteiger partial charge >= 0.3 is 0 Å². The van der Waals surface area contributed by atoms with Crippen molar-refractivity contribution in [1.29, 1.82) is 0 Å². The first-order chi connectivity index (χ1) is 17.0. The molecule has 1 aliphatic heterocycles. The van der Waals surface area contributed by atoms with E-state index in [1.165, 1.54) is 25.5 Å². The number of nitrogens with one attached hydrogen (secondary N) is 1. The maximum absolute atomic E-state index is 14.5. The fraction of sp³-hybridized carbons (Fsp3) is 0.360. The molecule has 0 aromatic carbocycles. The van der Waals surface area contributed by atoms with Crippen LogP contribution in [0.1, 0.15) is 44.7 Å². The number of anilines is 2. The van der Waals surface area contributed by atoms with Gasteiger partial charge in [0.25, 0.3) is 0 Å². The number of fused-ring (bicyclic) bond motifs is 1. The quantitative estimate of drug-likeness (QED) is 0.406. The average Bonchev–Trinajstić information content (AvgIpc) is 3.73. The summed E-state index contributed by atoms with van der Waals surface area (Å²) >= 11 is 0. The summed E-state index contributed by atoms with van der Waals surface area (Å²) in [5.41, 5.74) is 7.22. The van der Waals surface area contributed by atoms with Crippen molar-refractivity contribution >= 4 is 39.0 Å². The third-order valence-electron chi connectivity index (χ3n) is 5.34. The smallest absolute Gasteiger partial charge is 0.218 e. The molecule has 35 heavy (non-hydrogen) atoms. The molecular weight excluding hydrogens is 467 g/mol. The van der Waals surface area contributed by atoms with E-state index < -0.39 is 22.8 Å². The maximum Gasteiger partial charge on any atom is 0.218 e. The van der Waals surface area contributed by atoms with Crippen molar-refractivity contribution in [3.8, 4) is 17.6 Å². The maximum atomic E-state index is 14.5. The number of hydrogen-bond acceptors (Lipinski definition) is 8. The molecule has 2 aliphatic rings. The van der Waals surface area contributed by atoms with Crippen LogP contribution in [-0.4, -0.2) is 42.6 Å². The van der Waals surface area contributed by atoms with Crippen LogP contribution < -0.4 is 15.8 Å². The van der Waals surface area contributed by atoms with Gasteiger partial charge in [0.1, 0.15) is 23.7 Å². The number of hydrogen-bond donors (Lipinski definition) is 2. The minimum atomic E-state index is -1.24. The van der Waals surface area contributed by atoms with Gasteiger partial charge in [0.2, 0.25) is 5.95 Å². The van der Waals surface area contributed by atoms with Gasteiger partial charge in [-0.05, 0) is 32.0 Å². The van der Waals surface area contributed by atoms with Gasteiger partial charge in [0.05, 0.1) is 35.1 Å². The molecule has 1 fully saturated rings. The molecule has 8 nitrogen and oxygen atoms in total. The largest absolute Gasteiger partial charge is 0.479 e. The van der Waals surface area contributed by atoms with Crippen LogP contribution in [0.4, 0.5) is 15.9 Å². The third kappa shape index (κ3) is 6.31. The number of ether oxygens (including phenoxy) is 1. The van der Waals surface area contributed by atoms with E-state index in [0.29, 0.717) is 22.8 Å². The summed E-state index contributed by atoms with van der Waals surface area (Å²) in [6, 6.07) is 4.58. The van der Waals surface area contributed by atoms with Crippen molar-refractivity contribution in [2.75, 3.05) is 17.7 Å². The lowest BCUT2D eigenvalue weighted by atomic mass is 10.1. The number of amidine groups is 1. The summed E-state index contributed by atoms with van der Waals surface area (Å²) in [6.45, 7) is 3.77. The summed E-state index contributed by atoms with van der Waals surface area (Å²) < 4.78 is 32.3. The molecule has 3 unspecified atom stereocenters. The highest BCUT2D eigenvalue weighted by Gasteiger charge is 2.29. The molecule has 0 radical (unpaired) electrons. The predicted molar refractivity (Wildman–Crippen MR) is 137 cm³/mol. The van der Waals surface area contributed by atoms with Gasteiger partial charge in [-0.15, -0.1) is 5.92 Å². The zero-order valence-electron chi connectivity index (χ0n) is 19.6. The number of aromatic nitrogens is 3. The summed E-state index contributed by atoms with van der Waals surface area (Å²) in [5, 5.41) is 3.60. The third-order valence-corrected chi connectivity index (χ3v) is 7.02. The van der Waals surface area contributed by atoms with E-state index in [9.17, 15) is 8.60 Å². The number of pyridine rings is 3. The topological polar surface area (TPSA) is 115 Å². The Balaban J connectivity index is 0.000000894. The Hall–Kier alpha value is -3.58. The predicted octanol–water partition coefficient (Wildman–Crippen LogP) is 4.03. The molecule has 10 heteroatoms. The molecule has 182 valence electrons. The molecule has 1 saturated carbocycles. The van der Waals surface area contributed by atoms with Gasteiger partial charge in [0, 0.05) is 27.9 Å². The van der Waals surface area contributed by atoms with Gasteiger partial charge in [-0.25, -0.2) is 15.0 Å². The summed E-state index contributed by atoms with van der Waals surface area (Å²) in [4.78, 5) is 17.0. The van der Waals surface area contributed by atoms with E-state index in [1.54, 1.807) is 32.3 Å². The standard InChI is InChI=1S/C22H21FN6O2S.C3H6/c1-3-4-7-31-16-8-14-5-6-25-22(19(14)26-11-16)28-15-9-17(20(23)27-10-15)18-12-32(30)13(2)21(24)29-18;1-2-3-1/h5-6,8-11,13,18H,7,12H2,1-2H3,(H2,24,29)(H,25,28);1-3H2. The summed E-state index contributed by atoms with van der Waals surface area (Å²) in [6.07, 6.45) is 9.09. The minimum absolute atomic E-state index is 0.184. The average molecular weight is 495 g/mol. The zero-order chi connectivity index (χ0) is 24.8. The van der Waals surface area contributed by atoms with Crippen LogP contribution in [0.25, 0.3) is 10.9 Å². The Morgan fingerprint density at radius 3 is 2.74 bits per heavy atom. The van der Waals surface area contributed by atoms with Crippen molar-refractivity contribution in [3.05, 3.63) is 48.3 Å². The first-order valence-corrected chi connectivity index (χ1v) is 12.7. The van der Waals surface area contributed by atoms with Crippen molar-refractivity contribution in [3.63, 3.8) is 0 Å². The van der Waals surface area contributed by atoms with Crippen LogP contribution in [0.2, 0.25) is 0 Å². The molecule has 0 spiro atoms. The van der Waals surface area contributed by atoms with E-state index in [-0.39, 0.29) is 29.0 Å². The zero-order valence-corrected chi connectivity index (χ0v) is 20.4. The Morgan fingerprint density at radius 2 is 2.03 bits per heavy atom. The van der Waals surface area contributed by atoms with Crippen LogP contribution in [0.15, 0.2) is 41.8 Å². The van der Waals surface area contributed by atoms with Crippen LogP contribution >= 0.6 is 0 Å². The van der Waals surface area contributed by atoms with E-state index in [1.807, 2.05) is 12.1 Å². The summed E-state index contributed by atoms with van der Waals surface area (Å²) in [7, 11) is -1.24. The van der Waals surface area contributed by atoms with Gasteiger partial charge in [-0.1, -0.05) is 25.2 Å². The molecule has 0 saturated heterocycles. The molecular formula is C25H27FN6O2S. The molecule has 0 bridgehead atoms. The molecule has 4 heterocycles. The van der Waals surface area contributed by atoms with Gasteiger partial charge in [0.15, 0.2) is 5.82 Å². The molecule has 3 N–H and O–H groups in total. The molecule has 1 aliphatic carbocycles. The van der Waals surface area contributed by atoms with E-state index in [0.717, 1.165) is 5.39 Å². The second-order valence-corrected chi connectivity index (χ2v) is 9.97. The van der Waals surface area contributed by atoms with Gasteiger partial charge < -0.3 is 15.8 Å². The number of nitrogens with two attached hydrogens (primary N) is 1. The van der Waals surface area contributed by atoms with Crippen molar-refractivity contribution < 1.29 is 13.3 Å². The molecule has 5 rings (SSSR count). The lowest BCUT2D eigenvalue weighted by Crippen LogP contribution is -2.37. The fourth-order valence-electron chi connectivity index (χ4n) is 3.22. The Kier molecular flexibility index (Phi) is 7.87. The van der Waals surface area contributed by atoms with E-state index >= 15 is 0 Å². The summed E-state index contributed by atoms with van der Waals surface area (Å²) in [5.74, 6) is 6.44. The van der Waals surface area contributed by atoms with Crippen LogP contribution in [0, 0.1) is 17.8 Å². The van der Waals surface area contributed by atoms with E-state index in [2.05, 4.69) is 37.1 Å². The number of nitrogens with zero attached hydrogens (tertiary/aromatic N) is 4. The lowest BCUT2D eigenvalue weighted by Gasteiger charge is -2.23. The first kappa shape index (κ1) is 24.5. The normalized spacial score (nSPS) is 20.5. The molecule has 3 atom stereocenters. The number of aliphatic imine (C=N–C) groups is 1. The second kappa shape index (κ2) is 11.2. The van der Waals surface area contributed by atoms with Crippen LogP contribution in [-0.2, 0) is 10.8 Å². The monoisotopic (exact) mass is 494 g/mol. The fourth-order valence-corrected chi connectivity index (χ4v) is 4.41. The highest BCUT2D eigenvalue weighted by molar-refractivity contribution is 7.86. The molecule has 3 aromatic rings. The van der Waals surface area contributed by atoms with Crippen molar-refractivity contribution in [1.82, 2.24) is 15.0 Å². The first-order valence-electron chi connectivity index (χ1n) is 11.4. The second-order valence-electron chi connectivity index (χ2n) is 8.17. The Morgan fingerprint density at radius 1 is 1.23 bits per heavy atom. The highest BCUT2D eigenvalue weighted by atomic mass is 32.2. The van der Waals surface area contributed by atoms with E-state index in [4.69, 9.17) is 10.5 Å². The highest BCUT2D eigenvalue weighted by Crippen LogP contribution is 2.30. The van der Waals surface area contributed by atoms with Gasteiger partial charge in [-0.2, -0.15) is 4.39 Å². The SMILES string of the molecule is C1CC1.CC#CCOc1cnc2c(Nc3cnc(F)c(C4CS(=O)C(C)C(N)=N4)c3)nccc2c1. The van der Waals surface area contributed by atoms with Gasteiger partial charge in [-0.3, -0.25) is 9.20 Å². The number of halogens is 1. The van der Waals surface area contributed by atoms with Crippen LogP contribution in [0.3, 0.4) is 0 Å². The Labute approximate surface area is 206 Å². The van der Waals surface area contributed by atoms with Crippen molar-refractivity contribution in [2.24, 2.45) is 10.7 Å². The minimum Gasteiger partial charge on any atom is -0.479 e.